The Balaban J connectivity index is 1.97. The SMILES string of the molecule is CCCN(CC1CCCCN1)C(C)c1ccc(C)o1. The highest BCUT2D eigenvalue weighted by Gasteiger charge is 2.22. The van der Waals surface area contributed by atoms with Crippen LogP contribution in [0.25, 0.3) is 0 Å². The molecule has 0 radical (unpaired) electrons. The van der Waals surface area contributed by atoms with Crippen molar-refractivity contribution < 1.29 is 4.42 Å². The van der Waals surface area contributed by atoms with Crippen molar-refractivity contribution >= 4 is 0 Å². The van der Waals surface area contributed by atoms with Crippen molar-refractivity contribution in [3.05, 3.63) is 23.7 Å². The minimum absolute atomic E-state index is 0.373. The first kappa shape index (κ1) is 14.6. The standard InChI is InChI=1S/C16H28N2O/c1-4-11-18(12-15-7-5-6-10-17-15)14(3)16-9-8-13(2)19-16/h8-9,14-15,17H,4-7,10-12H2,1-3H3. The van der Waals surface area contributed by atoms with Crippen LogP contribution in [0.3, 0.4) is 0 Å². The van der Waals surface area contributed by atoms with E-state index >= 15 is 0 Å². The molecule has 0 bridgehead atoms. The minimum Gasteiger partial charge on any atom is -0.465 e. The van der Waals surface area contributed by atoms with Crippen molar-refractivity contribution in [2.45, 2.75) is 58.5 Å². The molecule has 108 valence electrons. The molecular formula is C16H28N2O. The Morgan fingerprint density at radius 1 is 1.42 bits per heavy atom. The molecule has 2 atom stereocenters. The number of aryl methyl sites for hydroxylation is 1. The molecule has 3 nitrogen and oxygen atoms in total. The van der Waals surface area contributed by atoms with Gasteiger partial charge < -0.3 is 9.73 Å². The van der Waals surface area contributed by atoms with E-state index in [0.29, 0.717) is 12.1 Å². The smallest absolute Gasteiger partial charge is 0.121 e. The summed E-state index contributed by atoms with van der Waals surface area (Å²) < 4.78 is 5.80. The van der Waals surface area contributed by atoms with E-state index in [2.05, 4.69) is 36.2 Å². The lowest BCUT2D eigenvalue weighted by atomic mass is 10.0. The van der Waals surface area contributed by atoms with Gasteiger partial charge in [0.05, 0.1) is 6.04 Å². The quantitative estimate of drug-likeness (QED) is 0.852. The van der Waals surface area contributed by atoms with Crippen molar-refractivity contribution in [2.24, 2.45) is 0 Å². The highest BCUT2D eigenvalue weighted by molar-refractivity contribution is 5.09. The van der Waals surface area contributed by atoms with Crippen LogP contribution in [-0.2, 0) is 0 Å². The van der Waals surface area contributed by atoms with Gasteiger partial charge in [-0.15, -0.1) is 0 Å². The van der Waals surface area contributed by atoms with Gasteiger partial charge in [-0.2, -0.15) is 0 Å². The summed E-state index contributed by atoms with van der Waals surface area (Å²) in [7, 11) is 0. The second kappa shape index (κ2) is 7.11. The number of nitrogens with zero attached hydrogens (tertiary/aromatic N) is 1. The van der Waals surface area contributed by atoms with Crippen LogP contribution < -0.4 is 5.32 Å². The summed E-state index contributed by atoms with van der Waals surface area (Å²) in [5.74, 6) is 2.11. The molecule has 2 rings (SSSR count). The van der Waals surface area contributed by atoms with Crippen molar-refractivity contribution in [3.63, 3.8) is 0 Å². The Hall–Kier alpha value is -0.800. The van der Waals surface area contributed by atoms with Gasteiger partial charge in [-0.05, 0) is 58.3 Å². The predicted octanol–water partition coefficient (Wildman–Crippen LogP) is 3.50. The minimum atomic E-state index is 0.373. The van der Waals surface area contributed by atoms with Crippen LogP contribution in [0.4, 0.5) is 0 Å². The lowest BCUT2D eigenvalue weighted by Crippen LogP contribution is -2.44. The second-order valence-corrected chi connectivity index (χ2v) is 5.77. The fourth-order valence-electron chi connectivity index (χ4n) is 2.95. The van der Waals surface area contributed by atoms with E-state index in [1.165, 1.54) is 32.2 Å². The third-order valence-electron chi connectivity index (χ3n) is 4.10. The van der Waals surface area contributed by atoms with Crippen LogP contribution in [-0.4, -0.2) is 30.6 Å². The second-order valence-electron chi connectivity index (χ2n) is 5.77. The van der Waals surface area contributed by atoms with Gasteiger partial charge in [0.2, 0.25) is 0 Å². The van der Waals surface area contributed by atoms with Gasteiger partial charge >= 0.3 is 0 Å². The summed E-state index contributed by atoms with van der Waals surface area (Å²) in [6.07, 6.45) is 5.20. The molecule has 0 aromatic carbocycles. The number of nitrogens with one attached hydrogen (secondary N) is 1. The van der Waals surface area contributed by atoms with Gasteiger partial charge in [0.1, 0.15) is 11.5 Å². The summed E-state index contributed by atoms with van der Waals surface area (Å²) in [5.41, 5.74) is 0. The molecule has 1 saturated heterocycles. The number of piperidine rings is 1. The number of hydrogen-bond acceptors (Lipinski definition) is 3. The summed E-state index contributed by atoms with van der Waals surface area (Å²) in [6, 6.07) is 5.21. The molecule has 2 heterocycles. The Morgan fingerprint density at radius 3 is 2.84 bits per heavy atom. The Labute approximate surface area is 117 Å². The van der Waals surface area contributed by atoms with E-state index in [1.54, 1.807) is 0 Å². The van der Waals surface area contributed by atoms with E-state index < -0.39 is 0 Å². The van der Waals surface area contributed by atoms with E-state index in [4.69, 9.17) is 4.42 Å². The Bertz CT molecular complexity index is 369. The van der Waals surface area contributed by atoms with Crippen LogP contribution in [0.2, 0.25) is 0 Å². The van der Waals surface area contributed by atoms with Crippen LogP contribution in [0.1, 0.15) is 57.1 Å². The third kappa shape index (κ3) is 4.08. The van der Waals surface area contributed by atoms with E-state index in [1.807, 2.05) is 6.92 Å². The first-order chi connectivity index (χ1) is 9.20. The first-order valence-corrected chi connectivity index (χ1v) is 7.74. The van der Waals surface area contributed by atoms with Gasteiger partial charge in [-0.3, -0.25) is 4.90 Å². The maximum absolute atomic E-state index is 5.80. The van der Waals surface area contributed by atoms with Crippen molar-refractivity contribution in [1.82, 2.24) is 10.2 Å². The molecule has 1 fully saturated rings. The van der Waals surface area contributed by atoms with E-state index in [0.717, 1.165) is 24.6 Å². The van der Waals surface area contributed by atoms with E-state index in [9.17, 15) is 0 Å². The van der Waals surface area contributed by atoms with Crippen molar-refractivity contribution in [1.29, 1.82) is 0 Å². The van der Waals surface area contributed by atoms with E-state index in [-0.39, 0.29) is 0 Å². The van der Waals surface area contributed by atoms with Crippen LogP contribution >= 0.6 is 0 Å². The lowest BCUT2D eigenvalue weighted by Gasteiger charge is -2.33. The molecule has 0 aliphatic carbocycles. The third-order valence-corrected chi connectivity index (χ3v) is 4.10. The summed E-state index contributed by atoms with van der Waals surface area (Å²) in [4.78, 5) is 2.56. The maximum Gasteiger partial charge on any atom is 0.121 e. The van der Waals surface area contributed by atoms with Crippen molar-refractivity contribution in [2.75, 3.05) is 19.6 Å². The number of rotatable bonds is 6. The van der Waals surface area contributed by atoms with Gasteiger partial charge in [-0.25, -0.2) is 0 Å². The molecule has 1 N–H and O–H groups in total. The summed E-state index contributed by atoms with van der Waals surface area (Å²) >= 11 is 0. The van der Waals surface area contributed by atoms with Crippen molar-refractivity contribution in [3.8, 4) is 0 Å². The molecule has 2 unspecified atom stereocenters. The summed E-state index contributed by atoms with van der Waals surface area (Å²) in [5, 5.41) is 3.65. The van der Waals surface area contributed by atoms with Crippen LogP contribution in [0.5, 0.6) is 0 Å². The Kier molecular flexibility index (Phi) is 5.46. The molecule has 1 aliphatic heterocycles. The molecular weight excluding hydrogens is 236 g/mol. The zero-order valence-corrected chi connectivity index (χ0v) is 12.6. The zero-order valence-electron chi connectivity index (χ0n) is 12.6. The first-order valence-electron chi connectivity index (χ1n) is 7.74. The molecule has 0 amide bonds. The Morgan fingerprint density at radius 2 is 2.26 bits per heavy atom. The molecule has 1 aromatic heterocycles. The number of hydrogen-bond donors (Lipinski definition) is 1. The largest absolute Gasteiger partial charge is 0.465 e. The molecule has 19 heavy (non-hydrogen) atoms. The van der Waals surface area contributed by atoms with Gasteiger partial charge in [0, 0.05) is 12.6 Å². The highest BCUT2D eigenvalue weighted by Crippen LogP contribution is 2.23. The summed E-state index contributed by atoms with van der Waals surface area (Å²) in [6.45, 7) is 9.98. The normalized spacial score (nSPS) is 21.8. The topological polar surface area (TPSA) is 28.4 Å². The monoisotopic (exact) mass is 264 g/mol. The average molecular weight is 264 g/mol. The highest BCUT2D eigenvalue weighted by atomic mass is 16.3. The zero-order chi connectivity index (χ0) is 13.7. The van der Waals surface area contributed by atoms with Crippen LogP contribution in [0.15, 0.2) is 16.5 Å². The van der Waals surface area contributed by atoms with Gasteiger partial charge in [0.15, 0.2) is 0 Å². The fourth-order valence-corrected chi connectivity index (χ4v) is 2.95. The molecule has 0 spiro atoms. The van der Waals surface area contributed by atoms with Crippen LogP contribution in [0, 0.1) is 6.92 Å². The average Bonchev–Trinajstić information content (AvgIpc) is 2.85. The molecule has 3 heteroatoms. The fraction of sp³-hybridized carbons (Fsp3) is 0.750. The molecule has 1 aliphatic rings. The number of furan rings is 1. The van der Waals surface area contributed by atoms with Gasteiger partial charge in [-0.1, -0.05) is 13.3 Å². The predicted molar refractivity (Wildman–Crippen MR) is 79.4 cm³/mol. The maximum atomic E-state index is 5.80. The van der Waals surface area contributed by atoms with Gasteiger partial charge in [0.25, 0.3) is 0 Å². The molecule has 1 aromatic rings. The molecule has 0 saturated carbocycles. The lowest BCUT2D eigenvalue weighted by molar-refractivity contribution is 0.158.